The number of nitrogens with two attached hydrogens (primary N) is 1. The summed E-state index contributed by atoms with van der Waals surface area (Å²) in [5.74, 6) is 1.12. The van der Waals surface area contributed by atoms with Crippen LogP contribution in [0.15, 0.2) is 6.20 Å². The zero-order chi connectivity index (χ0) is 20.3. The smallest absolute Gasteiger partial charge is 0.254 e. The Bertz CT molecular complexity index is 765. The topological polar surface area (TPSA) is 101 Å². The Balaban J connectivity index is 1.47. The third kappa shape index (κ3) is 3.19. The van der Waals surface area contributed by atoms with Gasteiger partial charge in [-0.1, -0.05) is 27.7 Å². The molecule has 0 spiro atoms. The maximum atomic E-state index is 11.9. The highest BCUT2D eigenvalue weighted by Gasteiger charge is 2.71. The Morgan fingerprint density at radius 2 is 2.00 bits per heavy atom. The largest absolute Gasteiger partial charge is 0.393 e. The maximum Gasteiger partial charge on any atom is 0.254 e. The number of nitrogens with zero attached hydrogens (tertiary/aromatic N) is 2. The van der Waals surface area contributed by atoms with Crippen molar-refractivity contribution in [3.8, 4) is 0 Å². The van der Waals surface area contributed by atoms with Crippen LogP contribution < -0.4 is 11.1 Å². The number of aliphatic hydroxyl groups is 1. The molecule has 4 saturated carbocycles. The monoisotopic (exact) mass is 386 g/mol. The first-order chi connectivity index (χ1) is 13.0. The number of nitrogens with one attached hydrogen (secondary N) is 1. The van der Waals surface area contributed by atoms with Crippen molar-refractivity contribution < 1.29 is 9.90 Å². The number of carbonyl (C=O) groups excluding carboxylic acids is 1. The predicted molar refractivity (Wildman–Crippen MR) is 109 cm³/mol. The third-order valence-electron chi connectivity index (χ3n) is 7.86. The van der Waals surface area contributed by atoms with Gasteiger partial charge < -0.3 is 16.2 Å². The second-order valence-electron chi connectivity index (χ2n) is 10.8. The first kappa shape index (κ1) is 19.6. The summed E-state index contributed by atoms with van der Waals surface area (Å²) in [6, 6.07) is 0.103. The molecule has 154 valence electrons. The van der Waals surface area contributed by atoms with Gasteiger partial charge in [0.2, 0.25) is 0 Å². The van der Waals surface area contributed by atoms with Gasteiger partial charge in [-0.2, -0.15) is 0 Å². The van der Waals surface area contributed by atoms with Crippen molar-refractivity contribution in [3.63, 3.8) is 0 Å². The van der Waals surface area contributed by atoms with E-state index in [9.17, 15) is 9.90 Å². The van der Waals surface area contributed by atoms with Gasteiger partial charge in [-0.3, -0.25) is 4.79 Å². The minimum atomic E-state index is -0.518. The van der Waals surface area contributed by atoms with E-state index in [1.54, 1.807) is 6.20 Å². The maximum absolute atomic E-state index is 11.9. The van der Waals surface area contributed by atoms with E-state index in [2.05, 4.69) is 38.0 Å². The molecule has 1 aromatic heterocycles. The predicted octanol–water partition coefficient (Wildman–Crippen LogP) is 3.30. The lowest BCUT2D eigenvalue weighted by atomic mass is 9.29. The molecule has 0 aliphatic heterocycles. The van der Waals surface area contributed by atoms with Crippen LogP contribution in [-0.4, -0.2) is 33.1 Å². The molecule has 6 heteroatoms. The molecule has 2 bridgehead atoms. The van der Waals surface area contributed by atoms with Crippen LogP contribution in [0.4, 0.5) is 5.82 Å². The van der Waals surface area contributed by atoms with Gasteiger partial charge in [0.05, 0.1) is 11.7 Å². The lowest BCUT2D eigenvalue weighted by Gasteiger charge is -2.76. The van der Waals surface area contributed by atoms with Gasteiger partial charge >= 0.3 is 0 Å². The van der Waals surface area contributed by atoms with Crippen molar-refractivity contribution in [1.29, 1.82) is 0 Å². The molecule has 0 unspecified atom stereocenters. The number of rotatable bonds is 5. The van der Waals surface area contributed by atoms with Crippen LogP contribution in [-0.2, 0) is 6.42 Å². The van der Waals surface area contributed by atoms with Crippen molar-refractivity contribution in [3.05, 3.63) is 17.6 Å². The molecule has 1 amide bonds. The Morgan fingerprint density at radius 3 is 2.57 bits per heavy atom. The van der Waals surface area contributed by atoms with Crippen LogP contribution in [0, 0.1) is 22.2 Å². The van der Waals surface area contributed by atoms with Crippen LogP contribution >= 0.6 is 0 Å². The Hall–Kier alpha value is -1.69. The van der Waals surface area contributed by atoms with E-state index < -0.39 is 5.91 Å². The lowest BCUT2D eigenvalue weighted by molar-refractivity contribution is -0.258. The van der Waals surface area contributed by atoms with Crippen molar-refractivity contribution >= 4 is 11.7 Å². The third-order valence-corrected chi connectivity index (χ3v) is 7.86. The summed E-state index contributed by atoms with van der Waals surface area (Å²) in [7, 11) is 0. The number of hydrogen-bond donors (Lipinski definition) is 3. The van der Waals surface area contributed by atoms with Crippen molar-refractivity contribution in [2.75, 3.05) is 5.32 Å². The number of amides is 1. The second kappa shape index (κ2) is 6.41. The Labute approximate surface area is 167 Å². The molecule has 0 aromatic carbocycles. The number of carbonyl (C=O) groups is 1. The van der Waals surface area contributed by atoms with Gasteiger partial charge in [0.1, 0.15) is 11.6 Å². The van der Waals surface area contributed by atoms with Crippen LogP contribution in [0.5, 0.6) is 0 Å². The number of aromatic nitrogens is 2. The molecule has 4 fully saturated rings. The average molecular weight is 387 g/mol. The fraction of sp³-hybridized carbons (Fsp3) is 0.773. The van der Waals surface area contributed by atoms with Crippen LogP contribution in [0.25, 0.3) is 0 Å². The Morgan fingerprint density at radius 1 is 1.32 bits per heavy atom. The van der Waals surface area contributed by atoms with Gasteiger partial charge in [0, 0.05) is 18.7 Å². The minimum absolute atomic E-state index is 0.103. The molecule has 3 atom stereocenters. The number of anilines is 1. The van der Waals surface area contributed by atoms with E-state index in [0.29, 0.717) is 40.0 Å². The van der Waals surface area contributed by atoms with E-state index in [1.807, 2.05) is 0 Å². The van der Waals surface area contributed by atoms with Gasteiger partial charge in [-0.05, 0) is 60.7 Å². The minimum Gasteiger partial charge on any atom is -0.393 e. The molecule has 0 saturated heterocycles. The van der Waals surface area contributed by atoms with Gasteiger partial charge in [-0.15, -0.1) is 0 Å². The molecule has 6 nitrogen and oxygen atoms in total. The van der Waals surface area contributed by atoms with E-state index in [0.717, 1.165) is 25.1 Å². The molecule has 4 aliphatic carbocycles. The van der Waals surface area contributed by atoms with E-state index in [4.69, 9.17) is 10.7 Å². The zero-order valence-electron chi connectivity index (χ0n) is 17.6. The first-order valence-electron chi connectivity index (χ1n) is 10.6. The van der Waals surface area contributed by atoms with Crippen LogP contribution in [0.1, 0.15) is 82.4 Å². The average Bonchev–Trinajstić information content (AvgIpc) is 2.51. The summed E-state index contributed by atoms with van der Waals surface area (Å²) in [5.41, 5.74) is 7.08. The van der Waals surface area contributed by atoms with E-state index in [-0.39, 0.29) is 12.1 Å². The fourth-order valence-electron chi connectivity index (χ4n) is 5.73. The van der Waals surface area contributed by atoms with Gasteiger partial charge in [-0.25, -0.2) is 9.97 Å². The quantitative estimate of drug-likeness (QED) is 0.721. The summed E-state index contributed by atoms with van der Waals surface area (Å²) >= 11 is 0. The van der Waals surface area contributed by atoms with Crippen molar-refractivity contribution in [2.45, 2.75) is 84.8 Å². The van der Waals surface area contributed by atoms with Crippen molar-refractivity contribution in [2.24, 2.45) is 27.9 Å². The standard InChI is InChI=1S/C22H34N4O2/c1-13-5-6-14(7-16(13)27)25-19-15(18(23)28)9-24-17(26-19)8-21-10-22(11-21,12-21)20(2,3)4/h9,13-14,16,27H,5-8,10-12H2,1-4H3,(H2,23,28)(H,24,25,26)/t13-,14-,16-,21?,22?/m1/s1. The van der Waals surface area contributed by atoms with E-state index >= 15 is 0 Å². The summed E-state index contributed by atoms with van der Waals surface area (Å²) in [5, 5.41) is 13.6. The molecule has 1 heterocycles. The molecule has 4 N–H and O–H groups in total. The highest BCUT2D eigenvalue weighted by molar-refractivity contribution is 5.97. The highest BCUT2D eigenvalue weighted by atomic mass is 16.3. The van der Waals surface area contributed by atoms with Gasteiger partial charge in [0.25, 0.3) is 5.91 Å². The SMILES string of the molecule is C[C@@H]1CC[C@@H](Nc2nc(CC34CC(C(C)(C)C)(C3)C4)ncc2C(N)=O)C[C@H]1O. The molecule has 0 radical (unpaired) electrons. The van der Waals surface area contributed by atoms with Crippen molar-refractivity contribution in [1.82, 2.24) is 9.97 Å². The zero-order valence-corrected chi connectivity index (χ0v) is 17.6. The first-order valence-corrected chi connectivity index (χ1v) is 10.6. The number of primary amides is 1. The summed E-state index contributed by atoms with van der Waals surface area (Å²) in [4.78, 5) is 21.0. The van der Waals surface area contributed by atoms with Crippen LogP contribution in [0.2, 0.25) is 0 Å². The molecule has 5 rings (SSSR count). The second-order valence-corrected chi connectivity index (χ2v) is 10.8. The number of hydrogen-bond acceptors (Lipinski definition) is 5. The molecule has 4 aliphatic rings. The van der Waals surface area contributed by atoms with E-state index in [1.165, 1.54) is 19.3 Å². The highest BCUT2D eigenvalue weighted by Crippen LogP contribution is 2.79. The summed E-state index contributed by atoms with van der Waals surface area (Å²) in [6.45, 7) is 9.10. The molecular weight excluding hydrogens is 352 g/mol. The van der Waals surface area contributed by atoms with Crippen LogP contribution in [0.3, 0.4) is 0 Å². The van der Waals surface area contributed by atoms with Gasteiger partial charge in [0.15, 0.2) is 0 Å². The fourth-order valence-corrected chi connectivity index (χ4v) is 5.73. The lowest BCUT2D eigenvalue weighted by Crippen LogP contribution is -2.67. The molecule has 28 heavy (non-hydrogen) atoms. The Kier molecular flexibility index (Phi) is 4.49. The number of aliphatic hydroxyl groups excluding tert-OH is 1. The molecular formula is C22H34N4O2. The summed E-state index contributed by atoms with van der Waals surface area (Å²) in [6.07, 6.45) is 8.44. The normalized spacial score (nSPS) is 37.0. The molecule has 1 aromatic rings. The summed E-state index contributed by atoms with van der Waals surface area (Å²) < 4.78 is 0.